The van der Waals surface area contributed by atoms with Crippen LogP contribution >= 0.6 is 11.8 Å². The molecular formula is C21H28N2O3S2. The molecule has 0 atom stereocenters. The second kappa shape index (κ2) is 9.98. The molecule has 0 spiro atoms. The number of carbonyl (C=O) groups excluding carboxylic acids is 1. The first kappa shape index (κ1) is 22.3. The van der Waals surface area contributed by atoms with Crippen molar-refractivity contribution >= 4 is 33.4 Å². The van der Waals surface area contributed by atoms with Crippen molar-refractivity contribution in [1.29, 1.82) is 0 Å². The molecule has 0 aromatic heterocycles. The largest absolute Gasteiger partial charge is 0.354 e. The number of amides is 1. The lowest BCUT2D eigenvalue weighted by atomic mass is 10.1. The third kappa shape index (κ3) is 6.56. The van der Waals surface area contributed by atoms with Gasteiger partial charge in [-0.15, -0.1) is 11.8 Å². The highest BCUT2D eigenvalue weighted by atomic mass is 32.2. The summed E-state index contributed by atoms with van der Waals surface area (Å²) in [6.07, 6.45) is 1.95. The molecule has 0 unspecified atom stereocenters. The molecule has 0 saturated heterocycles. The monoisotopic (exact) mass is 420 g/mol. The number of thioether (sulfide) groups is 1. The van der Waals surface area contributed by atoms with E-state index in [2.05, 4.69) is 17.4 Å². The molecule has 0 saturated carbocycles. The van der Waals surface area contributed by atoms with E-state index in [9.17, 15) is 13.2 Å². The molecule has 2 aromatic rings. The first-order chi connectivity index (χ1) is 13.2. The van der Waals surface area contributed by atoms with E-state index in [1.807, 2.05) is 51.1 Å². The van der Waals surface area contributed by atoms with Gasteiger partial charge >= 0.3 is 0 Å². The molecule has 0 aliphatic heterocycles. The van der Waals surface area contributed by atoms with Crippen molar-refractivity contribution < 1.29 is 13.2 Å². The van der Waals surface area contributed by atoms with Gasteiger partial charge in [-0.1, -0.05) is 35.9 Å². The molecule has 152 valence electrons. The van der Waals surface area contributed by atoms with Gasteiger partial charge in [0.2, 0.25) is 15.9 Å². The van der Waals surface area contributed by atoms with Crippen molar-refractivity contribution in [2.24, 2.45) is 0 Å². The van der Waals surface area contributed by atoms with E-state index in [0.29, 0.717) is 12.2 Å². The van der Waals surface area contributed by atoms with Crippen molar-refractivity contribution in [3.63, 3.8) is 0 Å². The second-order valence-electron chi connectivity index (χ2n) is 6.88. The Balaban J connectivity index is 1.93. The van der Waals surface area contributed by atoms with Gasteiger partial charge < -0.3 is 5.32 Å². The summed E-state index contributed by atoms with van der Waals surface area (Å²) in [5.41, 5.74) is 3.33. The fourth-order valence-corrected chi connectivity index (χ4v) is 4.97. The first-order valence-corrected chi connectivity index (χ1v) is 12.0. The van der Waals surface area contributed by atoms with Gasteiger partial charge in [-0.05, 0) is 56.2 Å². The number of nitrogens with zero attached hydrogens (tertiary/aromatic N) is 1. The number of nitrogens with one attached hydrogen (secondary N) is 1. The molecule has 0 aliphatic rings. The highest BCUT2D eigenvalue weighted by molar-refractivity contribution is 7.99. The van der Waals surface area contributed by atoms with E-state index in [1.54, 1.807) is 11.8 Å². The highest BCUT2D eigenvalue weighted by Crippen LogP contribution is 2.28. The Bertz CT molecular complexity index is 889. The van der Waals surface area contributed by atoms with Gasteiger partial charge in [0.15, 0.2) is 0 Å². The van der Waals surface area contributed by atoms with Gasteiger partial charge in [0.1, 0.15) is 6.54 Å². The lowest BCUT2D eigenvalue weighted by Gasteiger charge is -2.26. The molecular weight excluding hydrogens is 392 g/mol. The number of anilines is 1. The Morgan fingerprint density at radius 3 is 2.25 bits per heavy atom. The van der Waals surface area contributed by atoms with Crippen molar-refractivity contribution in [3.8, 4) is 0 Å². The summed E-state index contributed by atoms with van der Waals surface area (Å²) in [5, 5.41) is 2.83. The topological polar surface area (TPSA) is 66.5 Å². The Morgan fingerprint density at radius 2 is 1.68 bits per heavy atom. The van der Waals surface area contributed by atoms with Gasteiger partial charge in [-0.25, -0.2) is 8.42 Å². The van der Waals surface area contributed by atoms with Crippen LogP contribution in [0, 0.1) is 20.8 Å². The Kier molecular flexibility index (Phi) is 7.95. The highest BCUT2D eigenvalue weighted by Gasteiger charge is 2.24. The van der Waals surface area contributed by atoms with E-state index in [4.69, 9.17) is 0 Å². The van der Waals surface area contributed by atoms with Crippen molar-refractivity contribution in [2.75, 3.05) is 29.4 Å². The van der Waals surface area contributed by atoms with Crippen molar-refractivity contribution in [3.05, 3.63) is 59.2 Å². The zero-order valence-corrected chi connectivity index (χ0v) is 18.5. The quantitative estimate of drug-likeness (QED) is 0.496. The van der Waals surface area contributed by atoms with Crippen LogP contribution in [0.1, 0.15) is 23.1 Å². The van der Waals surface area contributed by atoms with Crippen LogP contribution in [0.3, 0.4) is 0 Å². The molecule has 5 nitrogen and oxygen atoms in total. The zero-order chi connectivity index (χ0) is 20.7. The summed E-state index contributed by atoms with van der Waals surface area (Å²) >= 11 is 1.73. The average Bonchev–Trinajstić information content (AvgIpc) is 2.60. The summed E-state index contributed by atoms with van der Waals surface area (Å²) < 4.78 is 25.9. The number of aryl methyl sites for hydroxylation is 3. The Morgan fingerprint density at radius 1 is 1.07 bits per heavy atom. The van der Waals surface area contributed by atoms with Crippen LogP contribution in [-0.4, -0.2) is 39.4 Å². The SMILES string of the molecule is Cc1cc(C)c(N(CC(=O)NCCCSc2ccccc2)S(C)(=O)=O)c(C)c1. The number of hydrogen-bond donors (Lipinski definition) is 1. The number of sulfonamides is 1. The zero-order valence-electron chi connectivity index (χ0n) is 16.9. The molecule has 0 fully saturated rings. The van der Waals surface area contributed by atoms with Crippen LogP contribution in [-0.2, 0) is 14.8 Å². The molecule has 0 radical (unpaired) electrons. The van der Waals surface area contributed by atoms with Gasteiger partial charge in [0.25, 0.3) is 0 Å². The third-order valence-corrected chi connectivity index (χ3v) is 6.44. The van der Waals surface area contributed by atoms with E-state index in [1.165, 1.54) is 9.20 Å². The number of hydrogen-bond acceptors (Lipinski definition) is 4. The molecule has 0 bridgehead atoms. The second-order valence-corrected chi connectivity index (χ2v) is 9.96. The summed E-state index contributed by atoms with van der Waals surface area (Å²) in [6.45, 7) is 6.00. The van der Waals surface area contributed by atoms with Gasteiger partial charge in [-0.2, -0.15) is 0 Å². The van der Waals surface area contributed by atoms with E-state index in [0.717, 1.165) is 35.1 Å². The summed E-state index contributed by atoms with van der Waals surface area (Å²) in [7, 11) is -3.57. The summed E-state index contributed by atoms with van der Waals surface area (Å²) in [6, 6.07) is 13.9. The molecule has 28 heavy (non-hydrogen) atoms. The van der Waals surface area contributed by atoms with E-state index >= 15 is 0 Å². The van der Waals surface area contributed by atoms with Crippen LogP contribution in [0.25, 0.3) is 0 Å². The smallest absolute Gasteiger partial charge is 0.240 e. The Labute approximate surface area is 172 Å². The van der Waals surface area contributed by atoms with Crippen LogP contribution in [0.15, 0.2) is 47.4 Å². The van der Waals surface area contributed by atoms with Crippen molar-refractivity contribution in [2.45, 2.75) is 32.1 Å². The number of benzene rings is 2. The lowest BCUT2D eigenvalue weighted by molar-refractivity contribution is -0.119. The minimum Gasteiger partial charge on any atom is -0.354 e. The summed E-state index contributed by atoms with van der Waals surface area (Å²) in [5.74, 6) is 0.588. The van der Waals surface area contributed by atoms with Crippen LogP contribution < -0.4 is 9.62 Å². The molecule has 2 rings (SSSR count). The fourth-order valence-electron chi connectivity index (χ4n) is 3.12. The van der Waals surface area contributed by atoms with Crippen LogP contribution in [0.4, 0.5) is 5.69 Å². The van der Waals surface area contributed by atoms with Crippen molar-refractivity contribution in [1.82, 2.24) is 5.32 Å². The van der Waals surface area contributed by atoms with Crippen LogP contribution in [0.5, 0.6) is 0 Å². The summed E-state index contributed by atoms with van der Waals surface area (Å²) in [4.78, 5) is 13.6. The standard InChI is InChI=1S/C21H28N2O3S2/c1-16-13-17(2)21(18(3)14-16)23(28(4,25)26)15-20(24)22-11-8-12-27-19-9-6-5-7-10-19/h5-7,9-10,13-14H,8,11-12,15H2,1-4H3,(H,22,24). The molecule has 2 aromatic carbocycles. The van der Waals surface area contributed by atoms with Gasteiger partial charge in [-0.3, -0.25) is 9.10 Å². The number of carbonyl (C=O) groups is 1. The predicted molar refractivity (Wildman–Crippen MR) is 118 cm³/mol. The molecule has 0 aliphatic carbocycles. The molecule has 0 heterocycles. The average molecular weight is 421 g/mol. The molecule has 1 N–H and O–H groups in total. The Hall–Kier alpha value is -1.99. The molecule has 1 amide bonds. The molecule has 7 heteroatoms. The maximum absolute atomic E-state index is 12.4. The minimum atomic E-state index is -3.57. The maximum atomic E-state index is 12.4. The maximum Gasteiger partial charge on any atom is 0.240 e. The minimum absolute atomic E-state index is 0.213. The van der Waals surface area contributed by atoms with Gasteiger partial charge in [0.05, 0.1) is 11.9 Å². The lowest BCUT2D eigenvalue weighted by Crippen LogP contribution is -2.41. The van der Waals surface area contributed by atoms with Crippen LogP contribution in [0.2, 0.25) is 0 Å². The fraction of sp³-hybridized carbons (Fsp3) is 0.381. The number of rotatable bonds is 9. The van der Waals surface area contributed by atoms with Gasteiger partial charge in [0, 0.05) is 11.4 Å². The van der Waals surface area contributed by atoms with E-state index in [-0.39, 0.29) is 12.5 Å². The third-order valence-electron chi connectivity index (χ3n) is 4.23. The normalized spacial score (nSPS) is 11.3. The van der Waals surface area contributed by atoms with E-state index < -0.39 is 10.0 Å². The predicted octanol–water partition coefficient (Wildman–Crippen LogP) is 3.68. The first-order valence-electron chi connectivity index (χ1n) is 9.18.